The third-order valence-electron chi connectivity index (χ3n) is 2.38. The van der Waals surface area contributed by atoms with Crippen LogP contribution in [-0.2, 0) is 15.6 Å². The molecule has 122 valence electrons. The zero-order chi connectivity index (χ0) is 16.8. The van der Waals surface area contributed by atoms with Crippen molar-refractivity contribution in [3.63, 3.8) is 0 Å². The minimum absolute atomic E-state index is 0.132. The summed E-state index contributed by atoms with van der Waals surface area (Å²) in [5, 5.41) is 4.31. The highest BCUT2D eigenvalue weighted by atomic mass is 32.2. The molecule has 1 rings (SSSR count). The van der Waals surface area contributed by atoms with Crippen molar-refractivity contribution in [2.75, 3.05) is 18.8 Å². The van der Waals surface area contributed by atoms with E-state index in [2.05, 4.69) is 10.6 Å². The number of carbonyl (C=O) groups is 2. The van der Waals surface area contributed by atoms with Gasteiger partial charge in [0.25, 0.3) is 5.91 Å². The summed E-state index contributed by atoms with van der Waals surface area (Å²) in [6.45, 7) is -0.897. The minimum atomic E-state index is -4.82. The number of amides is 2. The van der Waals surface area contributed by atoms with E-state index in [1.54, 1.807) is 0 Å². The zero-order valence-electron chi connectivity index (χ0n) is 11.1. The maximum absolute atomic E-state index is 12.7. The van der Waals surface area contributed by atoms with Crippen molar-refractivity contribution in [2.24, 2.45) is 0 Å². The molecule has 0 heterocycles. The standard InChI is InChI=1S/C12H12F4N2O3S/c13-9-3-1-8(2-4-9)11(20)18-7-10(19)17-5-6-22(21)12(14,15)16/h1-4H,5-7H2,(H,17,19)(H,18,20). The molecule has 0 aliphatic rings. The van der Waals surface area contributed by atoms with Gasteiger partial charge < -0.3 is 10.6 Å². The molecule has 2 amide bonds. The van der Waals surface area contributed by atoms with Crippen LogP contribution in [0.3, 0.4) is 0 Å². The van der Waals surface area contributed by atoms with Crippen molar-refractivity contribution in [3.8, 4) is 0 Å². The number of rotatable bonds is 6. The molecule has 0 fully saturated rings. The van der Waals surface area contributed by atoms with Crippen molar-refractivity contribution in [1.82, 2.24) is 10.6 Å². The van der Waals surface area contributed by atoms with E-state index in [9.17, 15) is 31.4 Å². The van der Waals surface area contributed by atoms with Crippen LogP contribution in [0.2, 0.25) is 0 Å². The summed E-state index contributed by atoms with van der Waals surface area (Å²) in [7, 11) is -3.04. The van der Waals surface area contributed by atoms with Gasteiger partial charge in [0.1, 0.15) is 16.6 Å². The summed E-state index contributed by atoms with van der Waals surface area (Å²) >= 11 is 0. The number of hydrogen-bond donors (Lipinski definition) is 2. The molecule has 0 spiro atoms. The molecule has 0 saturated heterocycles. The van der Waals surface area contributed by atoms with Gasteiger partial charge >= 0.3 is 5.51 Å². The van der Waals surface area contributed by atoms with Gasteiger partial charge in [-0.15, -0.1) is 0 Å². The van der Waals surface area contributed by atoms with Gasteiger partial charge in [0.05, 0.1) is 6.54 Å². The van der Waals surface area contributed by atoms with E-state index in [-0.39, 0.29) is 5.56 Å². The Labute approximate surface area is 125 Å². The zero-order valence-corrected chi connectivity index (χ0v) is 11.9. The van der Waals surface area contributed by atoms with E-state index in [4.69, 9.17) is 0 Å². The molecular weight excluding hydrogens is 328 g/mol. The van der Waals surface area contributed by atoms with Crippen molar-refractivity contribution < 1.29 is 31.4 Å². The maximum atomic E-state index is 12.7. The highest BCUT2D eigenvalue weighted by Gasteiger charge is 2.36. The maximum Gasteiger partial charge on any atom is 0.471 e. The molecule has 5 nitrogen and oxygen atoms in total. The fraction of sp³-hybridized carbons (Fsp3) is 0.333. The second-order valence-corrected chi connectivity index (χ2v) is 5.60. The van der Waals surface area contributed by atoms with Gasteiger partial charge in [-0.3, -0.25) is 13.8 Å². The van der Waals surface area contributed by atoms with Gasteiger partial charge in [-0.2, -0.15) is 13.2 Å². The monoisotopic (exact) mass is 340 g/mol. The normalized spacial score (nSPS) is 12.5. The first-order chi connectivity index (χ1) is 10.2. The van der Waals surface area contributed by atoms with Crippen LogP contribution >= 0.6 is 0 Å². The van der Waals surface area contributed by atoms with Gasteiger partial charge in [0, 0.05) is 17.9 Å². The van der Waals surface area contributed by atoms with Crippen LogP contribution in [0.25, 0.3) is 0 Å². The number of carbonyl (C=O) groups excluding carboxylic acids is 2. The predicted octanol–water partition coefficient (Wildman–Crippen LogP) is 0.940. The molecule has 2 N–H and O–H groups in total. The van der Waals surface area contributed by atoms with Crippen LogP contribution in [0.5, 0.6) is 0 Å². The Kier molecular flexibility index (Phi) is 6.47. The number of benzene rings is 1. The Morgan fingerprint density at radius 1 is 1.09 bits per heavy atom. The van der Waals surface area contributed by atoms with Gasteiger partial charge in [-0.1, -0.05) is 0 Å². The van der Waals surface area contributed by atoms with Gasteiger partial charge in [-0.25, -0.2) is 4.39 Å². The Morgan fingerprint density at radius 2 is 1.68 bits per heavy atom. The van der Waals surface area contributed by atoms with Crippen LogP contribution in [0.4, 0.5) is 17.6 Å². The largest absolute Gasteiger partial charge is 0.471 e. The van der Waals surface area contributed by atoms with Gasteiger partial charge in [0.2, 0.25) is 5.91 Å². The van der Waals surface area contributed by atoms with E-state index >= 15 is 0 Å². The topological polar surface area (TPSA) is 75.3 Å². The summed E-state index contributed by atoms with van der Waals surface area (Å²) in [5.41, 5.74) is -4.69. The van der Waals surface area contributed by atoms with Crippen molar-refractivity contribution in [3.05, 3.63) is 35.6 Å². The van der Waals surface area contributed by atoms with Crippen LogP contribution in [0.15, 0.2) is 24.3 Å². The third-order valence-corrected chi connectivity index (χ3v) is 3.47. The van der Waals surface area contributed by atoms with Crippen molar-refractivity contribution >= 4 is 22.6 Å². The van der Waals surface area contributed by atoms with Crippen molar-refractivity contribution in [2.45, 2.75) is 5.51 Å². The summed E-state index contributed by atoms with van der Waals surface area (Å²) in [6, 6.07) is 4.58. The molecule has 0 aliphatic heterocycles. The van der Waals surface area contributed by atoms with Crippen LogP contribution in [0, 0.1) is 5.82 Å². The summed E-state index contributed by atoms with van der Waals surface area (Å²) < 4.78 is 59.2. The third kappa shape index (κ3) is 6.20. The van der Waals surface area contributed by atoms with Gasteiger partial charge in [-0.05, 0) is 24.3 Å². The molecule has 1 aromatic rings. The summed E-state index contributed by atoms with van der Waals surface area (Å²) in [4.78, 5) is 22.9. The number of nitrogens with one attached hydrogen (secondary N) is 2. The summed E-state index contributed by atoms with van der Waals surface area (Å²) in [5.74, 6) is -2.64. The Balaban J connectivity index is 2.30. The predicted molar refractivity (Wildman–Crippen MR) is 70.8 cm³/mol. The van der Waals surface area contributed by atoms with Crippen LogP contribution in [-0.4, -0.2) is 40.4 Å². The average molecular weight is 340 g/mol. The van der Waals surface area contributed by atoms with Crippen molar-refractivity contribution in [1.29, 1.82) is 0 Å². The molecule has 0 bridgehead atoms. The molecule has 0 radical (unpaired) electrons. The molecule has 1 aromatic carbocycles. The van der Waals surface area contributed by atoms with E-state index in [0.717, 1.165) is 12.1 Å². The lowest BCUT2D eigenvalue weighted by molar-refractivity contribution is -0.120. The number of hydrogen-bond acceptors (Lipinski definition) is 3. The molecule has 0 aliphatic carbocycles. The quantitative estimate of drug-likeness (QED) is 0.757. The molecular formula is C12H12F4N2O3S. The fourth-order valence-electron chi connectivity index (χ4n) is 1.33. The molecule has 10 heteroatoms. The highest BCUT2D eigenvalue weighted by molar-refractivity contribution is 7.85. The van der Waals surface area contributed by atoms with Crippen LogP contribution < -0.4 is 10.6 Å². The lowest BCUT2D eigenvalue weighted by Gasteiger charge is -2.08. The first-order valence-corrected chi connectivity index (χ1v) is 7.27. The smallest absolute Gasteiger partial charge is 0.354 e. The lowest BCUT2D eigenvalue weighted by Crippen LogP contribution is -2.39. The Hall–Kier alpha value is -1.97. The molecule has 1 unspecified atom stereocenters. The number of alkyl halides is 3. The minimum Gasteiger partial charge on any atom is -0.354 e. The number of halogens is 4. The molecule has 0 saturated carbocycles. The molecule has 1 atom stereocenters. The second kappa shape index (κ2) is 7.87. The highest BCUT2D eigenvalue weighted by Crippen LogP contribution is 2.19. The Morgan fingerprint density at radius 3 is 2.23 bits per heavy atom. The van der Waals surface area contributed by atoms with Crippen LogP contribution in [0.1, 0.15) is 10.4 Å². The van der Waals surface area contributed by atoms with E-state index < -0.39 is 52.8 Å². The first kappa shape index (κ1) is 18.1. The SMILES string of the molecule is O=C(CNC(=O)c1ccc(F)cc1)NCCS(=O)C(F)(F)F. The van der Waals surface area contributed by atoms with E-state index in [0.29, 0.717) is 0 Å². The first-order valence-electron chi connectivity index (χ1n) is 5.96. The Bertz CT molecular complexity index is 560. The second-order valence-electron chi connectivity index (χ2n) is 4.03. The van der Waals surface area contributed by atoms with E-state index in [1.807, 2.05) is 0 Å². The molecule has 0 aromatic heterocycles. The average Bonchev–Trinajstić information content (AvgIpc) is 2.44. The lowest BCUT2D eigenvalue weighted by atomic mass is 10.2. The van der Waals surface area contributed by atoms with E-state index in [1.165, 1.54) is 12.1 Å². The van der Waals surface area contributed by atoms with Gasteiger partial charge in [0.15, 0.2) is 0 Å². The summed E-state index contributed by atoms with van der Waals surface area (Å²) in [6.07, 6.45) is 0. The molecule has 22 heavy (non-hydrogen) atoms. The fourth-order valence-corrected chi connectivity index (χ4v) is 1.84.